The summed E-state index contributed by atoms with van der Waals surface area (Å²) < 4.78 is 5.63. The number of aromatic nitrogens is 2. The van der Waals surface area contributed by atoms with Crippen LogP contribution in [0.25, 0.3) is 10.9 Å². The van der Waals surface area contributed by atoms with Gasteiger partial charge in [-0.1, -0.05) is 31.2 Å². The normalized spacial score (nSPS) is 10.6. The van der Waals surface area contributed by atoms with E-state index in [-0.39, 0.29) is 12.5 Å². The van der Waals surface area contributed by atoms with Gasteiger partial charge in [0.05, 0.1) is 10.9 Å². The van der Waals surface area contributed by atoms with E-state index in [1.807, 2.05) is 48.5 Å². The van der Waals surface area contributed by atoms with E-state index in [0.29, 0.717) is 11.7 Å². The number of rotatable bonds is 5. The number of ether oxygens (including phenoxy) is 1. The van der Waals surface area contributed by atoms with Gasteiger partial charge in [-0.25, -0.2) is 4.98 Å². The summed E-state index contributed by atoms with van der Waals surface area (Å²) in [6.07, 6.45) is 0.923. The van der Waals surface area contributed by atoms with E-state index < -0.39 is 0 Å². The summed E-state index contributed by atoms with van der Waals surface area (Å²) in [6.45, 7) is 3.78. The standard InChI is InChI=1S/C19H19N3O2/c1-3-14-7-6-8-15(11-14)22-18(23)12-24-19-16-9-4-5-10-17(16)20-13(2)21-19/h4-11H,3,12H2,1-2H3,(H,22,23). The lowest BCUT2D eigenvalue weighted by Gasteiger charge is -2.10. The molecule has 0 fully saturated rings. The van der Waals surface area contributed by atoms with Gasteiger partial charge >= 0.3 is 0 Å². The number of amides is 1. The summed E-state index contributed by atoms with van der Waals surface area (Å²) >= 11 is 0. The number of hydrogen-bond donors (Lipinski definition) is 1. The van der Waals surface area contributed by atoms with Gasteiger partial charge in [0.2, 0.25) is 5.88 Å². The molecule has 24 heavy (non-hydrogen) atoms. The Kier molecular flexibility index (Phi) is 4.70. The molecule has 2 aromatic carbocycles. The Bertz CT molecular complexity index is 877. The quantitative estimate of drug-likeness (QED) is 0.781. The first kappa shape index (κ1) is 15.9. The monoisotopic (exact) mass is 321 g/mol. The van der Waals surface area contributed by atoms with E-state index in [2.05, 4.69) is 22.2 Å². The second kappa shape index (κ2) is 7.08. The molecule has 3 rings (SSSR count). The predicted octanol–water partition coefficient (Wildman–Crippen LogP) is 3.52. The fraction of sp³-hybridized carbons (Fsp3) is 0.211. The van der Waals surface area contributed by atoms with E-state index in [0.717, 1.165) is 23.0 Å². The number of aryl methyl sites for hydroxylation is 2. The maximum Gasteiger partial charge on any atom is 0.262 e. The molecule has 0 saturated carbocycles. The van der Waals surface area contributed by atoms with E-state index >= 15 is 0 Å². The highest BCUT2D eigenvalue weighted by Gasteiger charge is 2.09. The Morgan fingerprint density at radius 3 is 2.79 bits per heavy atom. The minimum atomic E-state index is -0.219. The van der Waals surface area contributed by atoms with Gasteiger partial charge in [-0.05, 0) is 43.2 Å². The lowest BCUT2D eigenvalue weighted by molar-refractivity contribution is -0.118. The fourth-order valence-corrected chi connectivity index (χ4v) is 2.47. The zero-order valence-corrected chi connectivity index (χ0v) is 13.7. The lowest BCUT2D eigenvalue weighted by Crippen LogP contribution is -2.20. The molecule has 0 atom stereocenters. The van der Waals surface area contributed by atoms with Gasteiger partial charge in [-0.3, -0.25) is 4.79 Å². The van der Waals surface area contributed by atoms with Crippen LogP contribution in [0.5, 0.6) is 5.88 Å². The van der Waals surface area contributed by atoms with Gasteiger partial charge in [0.15, 0.2) is 6.61 Å². The Labute approximate surface area is 140 Å². The van der Waals surface area contributed by atoms with Crippen molar-refractivity contribution in [1.82, 2.24) is 9.97 Å². The molecule has 122 valence electrons. The van der Waals surface area contributed by atoms with Crippen molar-refractivity contribution in [2.75, 3.05) is 11.9 Å². The smallest absolute Gasteiger partial charge is 0.262 e. The SMILES string of the molecule is CCc1cccc(NC(=O)COc2nc(C)nc3ccccc23)c1. The molecule has 0 saturated heterocycles. The van der Waals surface area contributed by atoms with Crippen LogP contribution in [0, 0.1) is 6.92 Å². The topological polar surface area (TPSA) is 64.1 Å². The number of carbonyl (C=O) groups excluding carboxylic acids is 1. The molecule has 0 aliphatic carbocycles. The van der Waals surface area contributed by atoms with E-state index in [1.165, 1.54) is 5.56 Å². The first-order valence-corrected chi connectivity index (χ1v) is 7.90. The highest BCUT2D eigenvalue weighted by Crippen LogP contribution is 2.22. The molecular formula is C19H19N3O2. The molecule has 0 spiro atoms. The first-order chi connectivity index (χ1) is 11.7. The number of hydrogen-bond acceptors (Lipinski definition) is 4. The Balaban J connectivity index is 1.70. The molecule has 3 aromatic rings. The fourth-order valence-electron chi connectivity index (χ4n) is 2.47. The molecule has 1 amide bonds. The van der Waals surface area contributed by atoms with Crippen molar-refractivity contribution in [1.29, 1.82) is 0 Å². The molecule has 5 heteroatoms. The number of fused-ring (bicyclic) bond motifs is 1. The molecule has 0 aliphatic rings. The summed E-state index contributed by atoms with van der Waals surface area (Å²) in [4.78, 5) is 20.8. The largest absolute Gasteiger partial charge is 0.467 e. The number of carbonyl (C=O) groups is 1. The van der Waals surface area contributed by atoms with Crippen molar-refractivity contribution >= 4 is 22.5 Å². The molecule has 0 unspecified atom stereocenters. The van der Waals surface area contributed by atoms with Crippen molar-refractivity contribution in [3.8, 4) is 5.88 Å². The lowest BCUT2D eigenvalue weighted by atomic mass is 10.1. The van der Waals surface area contributed by atoms with Crippen molar-refractivity contribution in [3.05, 3.63) is 59.9 Å². The average Bonchev–Trinajstić information content (AvgIpc) is 2.59. The summed E-state index contributed by atoms with van der Waals surface area (Å²) in [5.41, 5.74) is 2.74. The summed E-state index contributed by atoms with van der Waals surface area (Å²) in [5, 5.41) is 3.64. The molecule has 0 bridgehead atoms. The third-order valence-corrected chi connectivity index (χ3v) is 3.64. The zero-order chi connectivity index (χ0) is 16.9. The third kappa shape index (κ3) is 3.68. The summed E-state index contributed by atoms with van der Waals surface area (Å²) in [5.74, 6) is 0.818. The third-order valence-electron chi connectivity index (χ3n) is 3.64. The maximum atomic E-state index is 12.1. The van der Waals surface area contributed by atoms with Crippen LogP contribution in [0.2, 0.25) is 0 Å². The number of nitrogens with zero attached hydrogens (tertiary/aromatic N) is 2. The van der Waals surface area contributed by atoms with Crippen LogP contribution in [0.3, 0.4) is 0 Å². The van der Waals surface area contributed by atoms with Gasteiger partial charge in [-0.15, -0.1) is 0 Å². The van der Waals surface area contributed by atoms with Gasteiger partial charge in [0.1, 0.15) is 5.82 Å². The van der Waals surface area contributed by atoms with Gasteiger partial charge in [0.25, 0.3) is 5.91 Å². The Hall–Kier alpha value is -2.95. The van der Waals surface area contributed by atoms with Gasteiger partial charge in [0, 0.05) is 5.69 Å². The van der Waals surface area contributed by atoms with E-state index in [1.54, 1.807) is 6.92 Å². The second-order valence-corrected chi connectivity index (χ2v) is 5.48. The van der Waals surface area contributed by atoms with Gasteiger partial charge in [-0.2, -0.15) is 4.98 Å². The number of nitrogens with one attached hydrogen (secondary N) is 1. The van der Waals surface area contributed by atoms with Gasteiger partial charge < -0.3 is 10.1 Å². The molecule has 0 radical (unpaired) electrons. The molecule has 0 aliphatic heterocycles. The average molecular weight is 321 g/mol. The second-order valence-electron chi connectivity index (χ2n) is 5.48. The maximum absolute atomic E-state index is 12.1. The van der Waals surface area contributed by atoms with E-state index in [9.17, 15) is 4.79 Å². The van der Waals surface area contributed by atoms with E-state index in [4.69, 9.17) is 4.74 Å². The van der Waals surface area contributed by atoms with Crippen molar-refractivity contribution in [3.63, 3.8) is 0 Å². The Morgan fingerprint density at radius 1 is 1.12 bits per heavy atom. The molecular weight excluding hydrogens is 302 g/mol. The molecule has 1 N–H and O–H groups in total. The number of benzene rings is 2. The van der Waals surface area contributed by atoms with Crippen molar-refractivity contribution < 1.29 is 9.53 Å². The van der Waals surface area contributed by atoms with Crippen molar-refractivity contribution in [2.45, 2.75) is 20.3 Å². The van der Waals surface area contributed by atoms with Crippen LogP contribution in [0.4, 0.5) is 5.69 Å². The molecule has 1 aromatic heterocycles. The van der Waals surface area contributed by atoms with Crippen LogP contribution in [-0.4, -0.2) is 22.5 Å². The first-order valence-electron chi connectivity index (χ1n) is 7.90. The number of anilines is 1. The minimum Gasteiger partial charge on any atom is -0.467 e. The Morgan fingerprint density at radius 2 is 1.96 bits per heavy atom. The molecule has 5 nitrogen and oxygen atoms in total. The van der Waals surface area contributed by atoms with Crippen LogP contribution >= 0.6 is 0 Å². The number of para-hydroxylation sites is 1. The zero-order valence-electron chi connectivity index (χ0n) is 13.7. The minimum absolute atomic E-state index is 0.100. The van der Waals surface area contributed by atoms with Crippen LogP contribution in [0.15, 0.2) is 48.5 Å². The highest BCUT2D eigenvalue weighted by atomic mass is 16.5. The van der Waals surface area contributed by atoms with Crippen LogP contribution < -0.4 is 10.1 Å². The van der Waals surface area contributed by atoms with Crippen molar-refractivity contribution in [2.24, 2.45) is 0 Å². The van der Waals surface area contributed by atoms with Crippen LogP contribution in [-0.2, 0) is 11.2 Å². The van der Waals surface area contributed by atoms with Crippen LogP contribution in [0.1, 0.15) is 18.3 Å². The highest BCUT2D eigenvalue weighted by molar-refractivity contribution is 5.92. The molecule has 1 heterocycles. The predicted molar refractivity (Wildman–Crippen MR) is 94.2 cm³/mol. The summed E-state index contributed by atoms with van der Waals surface area (Å²) in [6, 6.07) is 15.4. The summed E-state index contributed by atoms with van der Waals surface area (Å²) in [7, 11) is 0.